The van der Waals surface area contributed by atoms with Crippen molar-refractivity contribution >= 4 is 5.97 Å². The van der Waals surface area contributed by atoms with Gasteiger partial charge in [-0.1, -0.05) is 32.0 Å². The molecule has 0 bridgehead atoms. The summed E-state index contributed by atoms with van der Waals surface area (Å²) in [4.78, 5) is 11.4. The van der Waals surface area contributed by atoms with E-state index in [1.165, 1.54) is 9.13 Å². The summed E-state index contributed by atoms with van der Waals surface area (Å²) in [6.45, 7) is 4.18. The quantitative estimate of drug-likeness (QED) is 0.772. The molecule has 104 valence electrons. The summed E-state index contributed by atoms with van der Waals surface area (Å²) in [6.07, 6.45) is 1.90. The lowest BCUT2D eigenvalue weighted by Crippen LogP contribution is -3.61. The Labute approximate surface area is 130 Å². The summed E-state index contributed by atoms with van der Waals surface area (Å²) in [5, 5.41) is 9.36. The lowest BCUT2D eigenvalue weighted by Gasteiger charge is -2.00. The third-order valence-corrected chi connectivity index (χ3v) is 6.07. The summed E-state index contributed by atoms with van der Waals surface area (Å²) in [5.41, 5.74) is 2.87. The molecule has 2 nitrogen and oxygen atoms in total. The van der Waals surface area contributed by atoms with Gasteiger partial charge in [0, 0.05) is 0 Å². The fourth-order valence-corrected chi connectivity index (χ4v) is 4.37. The molecule has 0 aliphatic carbocycles. The van der Waals surface area contributed by atoms with E-state index in [-0.39, 0.29) is 0 Å². The Morgan fingerprint density at radius 2 is 1.60 bits per heavy atom. The summed E-state index contributed by atoms with van der Waals surface area (Å²) in [6, 6.07) is 14.4. The van der Waals surface area contributed by atoms with E-state index in [0.29, 0.717) is 5.56 Å². The van der Waals surface area contributed by atoms with Gasteiger partial charge in [0.15, 0.2) is 3.57 Å². The van der Waals surface area contributed by atoms with Gasteiger partial charge in [-0.3, -0.25) is 0 Å². The minimum Gasteiger partial charge on any atom is -0.478 e. The number of carboxylic acid groups (broad SMARTS) is 1. The van der Waals surface area contributed by atoms with E-state index in [2.05, 4.69) is 31.2 Å². The van der Waals surface area contributed by atoms with Crippen LogP contribution < -0.4 is 21.2 Å². The van der Waals surface area contributed by atoms with Gasteiger partial charge in [-0.05, 0) is 48.2 Å². The minimum atomic E-state index is -0.819. The molecule has 1 N–H and O–H groups in total. The number of aryl methyl sites for hydroxylation is 2. The molecule has 0 aliphatic heterocycles. The van der Waals surface area contributed by atoms with Crippen LogP contribution in [-0.2, 0) is 12.8 Å². The molecule has 0 spiro atoms. The molecular weight excluding hydrogens is 363 g/mol. The summed E-state index contributed by atoms with van der Waals surface area (Å²) in [5.74, 6) is -0.819. The maximum absolute atomic E-state index is 11.4. The van der Waals surface area contributed by atoms with E-state index < -0.39 is 27.2 Å². The molecule has 0 amide bonds. The molecule has 0 aromatic heterocycles. The number of aromatic carboxylic acids is 1. The fourth-order valence-electron chi connectivity index (χ4n) is 1.94. The molecule has 2 rings (SSSR count). The van der Waals surface area contributed by atoms with Gasteiger partial charge in [0.25, 0.3) is 0 Å². The summed E-state index contributed by atoms with van der Waals surface area (Å²) < 4.78 is 2.24. The number of carboxylic acids is 1. The van der Waals surface area contributed by atoms with Gasteiger partial charge in [-0.15, -0.1) is 0 Å². The van der Waals surface area contributed by atoms with Crippen LogP contribution in [0.5, 0.6) is 0 Å². The van der Waals surface area contributed by atoms with Crippen LogP contribution in [0.1, 0.15) is 35.3 Å². The Balaban J connectivity index is 2.29. The lowest BCUT2D eigenvalue weighted by molar-refractivity contribution is -0.597. The molecule has 3 heteroatoms. The number of carbonyl (C=O) groups is 1. The summed E-state index contributed by atoms with van der Waals surface area (Å²) >= 11 is -0.444. The molecule has 0 unspecified atom stereocenters. The second-order valence-electron chi connectivity index (χ2n) is 4.55. The fraction of sp³-hybridized carbons (Fsp3) is 0.235. The minimum absolute atomic E-state index is 0.444. The molecule has 0 fully saturated rings. The van der Waals surface area contributed by atoms with Crippen LogP contribution in [0.2, 0.25) is 0 Å². The zero-order valence-electron chi connectivity index (χ0n) is 11.7. The SMILES string of the molecule is CCc1ccc([I+]c2ccc(CC)cc2C(=O)O)cc1. The maximum Gasteiger partial charge on any atom is 0.358 e. The Kier molecular flexibility index (Phi) is 5.17. The highest BCUT2D eigenvalue weighted by atomic mass is 127. The van der Waals surface area contributed by atoms with Gasteiger partial charge in [-0.2, -0.15) is 0 Å². The molecule has 0 saturated carbocycles. The highest BCUT2D eigenvalue weighted by molar-refractivity contribution is 5.87. The van der Waals surface area contributed by atoms with E-state index in [9.17, 15) is 9.90 Å². The molecular formula is C17H18IO2+. The van der Waals surface area contributed by atoms with Crippen molar-refractivity contribution in [3.63, 3.8) is 0 Å². The molecule has 0 atom stereocenters. The van der Waals surface area contributed by atoms with Gasteiger partial charge in [0.2, 0.25) is 3.57 Å². The molecule has 0 saturated heterocycles. The van der Waals surface area contributed by atoms with Crippen LogP contribution in [-0.4, -0.2) is 11.1 Å². The Bertz CT molecular complexity index is 603. The van der Waals surface area contributed by atoms with Gasteiger partial charge in [0.05, 0.1) is 0 Å². The van der Waals surface area contributed by atoms with Gasteiger partial charge in [-0.25, -0.2) is 4.79 Å². The molecule has 0 aliphatic rings. The van der Waals surface area contributed by atoms with E-state index in [0.717, 1.165) is 22.0 Å². The van der Waals surface area contributed by atoms with Crippen molar-refractivity contribution < 1.29 is 31.1 Å². The van der Waals surface area contributed by atoms with Crippen molar-refractivity contribution in [3.05, 3.63) is 66.3 Å². The lowest BCUT2D eigenvalue weighted by atomic mass is 10.1. The van der Waals surface area contributed by atoms with E-state index in [4.69, 9.17) is 0 Å². The molecule has 0 heterocycles. The van der Waals surface area contributed by atoms with Crippen molar-refractivity contribution in [1.82, 2.24) is 0 Å². The zero-order chi connectivity index (χ0) is 14.5. The number of benzene rings is 2. The van der Waals surface area contributed by atoms with Crippen LogP contribution in [0, 0.1) is 7.14 Å². The van der Waals surface area contributed by atoms with Crippen molar-refractivity contribution in [1.29, 1.82) is 0 Å². The predicted molar refractivity (Wildman–Crippen MR) is 76.0 cm³/mol. The summed E-state index contributed by atoms with van der Waals surface area (Å²) in [7, 11) is 0. The zero-order valence-corrected chi connectivity index (χ0v) is 13.8. The highest BCUT2D eigenvalue weighted by Crippen LogP contribution is 2.06. The van der Waals surface area contributed by atoms with Crippen LogP contribution >= 0.6 is 0 Å². The first-order valence-electron chi connectivity index (χ1n) is 6.74. The molecule has 20 heavy (non-hydrogen) atoms. The maximum atomic E-state index is 11.4. The van der Waals surface area contributed by atoms with Crippen LogP contribution in [0.4, 0.5) is 0 Å². The predicted octanol–water partition coefficient (Wildman–Crippen LogP) is 0.638. The standard InChI is InChI=1S/C17H17IO2/c1-3-12-5-8-14(9-6-12)18-16-10-7-13(4-2)11-15(16)17(19)20/h5-11H,3-4H2,1-2H3/p+1. The average Bonchev–Trinajstić information content (AvgIpc) is 2.48. The Morgan fingerprint density at radius 1 is 1.00 bits per heavy atom. The second-order valence-corrected chi connectivity index (χ2v) is 7.49. The van der Waals surface area contributed by atoms with Crippen LogP contribution in [0.3, 0.4) is 0 Å². The molecule has 0 radical (unpaired) electrons. The van der Waals surface area contributed by atoms with Gasteiger partial charge in [0.1, 0.15) is 5.56 Å². The number of halogens is 1. The van der Waals surface area contributed by atoms with Gasteiger partial charge >= 0.3 is 27.2 Å². The van der Waals surface area contributed by atoms with Crippen LogP contribution in [0.15, 0.2) is 42.5 Å². The Morgan fingerprint density at radius 3 is 2.15 bits per heavy atom. The van der Waals surface area contributed by atoms with Gasteiger partial charge < -0.3 is 5.11 Å². The normalized spacial score (nSPS) is 10.5. The number of hydrogen-bond donors (Lipinski definition) is 1. The van der Waals surface area contributed by atoms with E-state index in [1.54, 1.807) is 0 Å². The van der Waals surface area contributed by atoms with Crippen molar-refractivity contribution in [2.45, 2.75) is 26.7 Å². The van der Waals surface area contributed by atoms with E-state index >= 15 is 0 Å². The van der Waals surface area contributed by atoms with Crippen LogP contribution in [0.25, 0.3) is 0 Å². The topological polar surface area (TPSA) is 37.3 Å². The smallest absolute Gasteiger partial charge is 0.358 e. The number of rotatable bonds is 5. The average molecular weight is 381 g/mol. The van der Waals surface area contributed by atoms with Crippen molar-refractivity contribution in [3.8, 4) is 0 Å². The first kappa shape index (κ1) is 15.0. The largest absolute Gasteiger partial charge is 0.478 e. The third-order valence-electron chi connectivity index (χ3n) is 3.20. The third kappa shape index (κ3) is 3.60. The molecule has 2 aromatic rings. The first-order chi connectivity index (χ1) is 9.63. The molecule has 2 aromatic carbocycles. The monoisotopic (exact) mass is 381 g/mol. The first-order valence-corrected chi connectivity index (χ1v) is 8.89. The number of hydrogen-bond acceptors (Lipinski definition) is 1. The van der Waals surface area contributed by atoms with Crippen molar-refractivity contribution in [2.24, 2.45) is 0 Å². The van der Waals surface area contributed by atoms with E-state index in [1.807, 2.05) is 25.1 Å². The second kappa shape index (κ2) is 6.88. The van der Waals surface area contributed by atoms with Crippen molar-refractivity contribution in [2.75, 3.05) is 0 Å². The Hall–Kier alpha value is -1.36. The highest BCUT2D eigenvalue weighted by Gasteiger charge is 2.23.